The molecule has 0 radical (unpaired) electrons. The Bertz CT molecular complexity index is 307. The topological polar surface area (TPSA) is 49.3 Å². The molecule has 0 aromatic rings. The van der Waals surface area contributed by atoms with Gasteiger partial charge in [0.2, 0.25) is 0 Å². The van der Waals surface area contributed by atoms with Gasteiger partial charge in [0, 0.05) is 12.6 Å². The molecule has 2 saturated carbocycles. The molecule has 0 heterocycles. The van der Waals surface area contributed by atoms with Gasteiger partial charge in [-0.2, -0.15) is 0 Å². The zero-order valence-corrected chi connectivity index (χ0v) is 10.1. The van der Waals surface area contributed by atoms with Gasteiger partial charge >= 0.3 is 5.97 Å². The average Bonchev–Trinajstić information content (AvgIpc) is 2.76. The second kappa shape index (κ2) is 4.58. The van der Waals surface area contributed by atoms with Crippen LogP contribution in [0.25, 0.3) is 0 Å². The van der Waals surface area contributed by atoms with Crippen molar-refractivity contribution in [1.29, 1.82) is 0 Å². The lowest BCUT2D eigenvalue weighted by Gasteiger charge is -2.28. The highest BCUT2D eigenvalue weighted by Crippen LogP contribution is 2.48. The molecular formula is C13H21NO2. The van der Waals surface area contributed by atoms with E-state index in [1.54, 1.807) is 0 Å². The summed E-state index contributed by atoms with van der Waals surface area (Å²) < 4.78 is 0. The second-order valence-corrected chi connectivity index (χ2v) is 5.41. The molecule has 0 spiro atoms. The van der Waals surface area contributed by atoms with E-state index in [9.17, 15) is 9.90 Å². The van der Waals surface area contributed by atoms with Crippen molar-refractivity contribution >= 4 is 5.97 Å². The molecule has 16 heavy (non-hydrogen) atoms. The summed E-state index contributed by atoms with van der Waals surface area (Å²) in [6.07, 6.45) is 5.57. The summed E-state index contributed by atoms with van der Waals surface area (Å²) >= 11 is 0. The third-order valence-electron chi connectivity index (χ3n) is 4.07. The van der Waals surface area contributed by atoms with E-state index in [1.165, 1.54) is 12.0 Å². The molecule has 0 aliphatic heterocycles. The lowest BCUT2D eigenvalue weighted by molar-refractivity contribution is -0.144. The van der Waals surface area contributed by atoms with Crippen molar-refractivity contribution in [2.45, 2.75) is 39.2 Å². The summed E-state index contributed by atoms with van der Waals surface area (Å²) in [5, 5.41) is 12.7. The number of nitrogens with one attached hydrogen (secondary N) is 1. The third kappa shape index (κ3) is 2.14. The minimum absolute atomic E-state index is 0.149. The molecule has 0 aromatic carbocycles. The van der Waals surface area contributed by atoms with Crippen LogP contribution in [0.1, 0.15) is 33.1 Å². The number of hydrogen-bond acceptors (Lipinski definition) is 2. The van der Waals surface area contributed by atoms with Gasteiger partial charge in [-0.1, -0.05) is 11.6 Å². The predicted molar refractivity (Wildman–Crippen MR) is 63.2 cm³/mol. The van der Waals surface area contributed by atoms with Crippen LogP contribution >= 0.6 is 0 Å². The Kier molecular flexibility index (Phi) is 3.33. The molecule has 2 aliphatic carbocycles. The first kappa shape index (κ1) is 11.6. The van der Waals surface area contributed by atoms with E-state index in [0.29, 0.717) is 11.8 Å². The Morgan fingerprint density at radius 2 is 2.06 bits per heavy atom. The van der Waals surface area contributed by atoms with Crippen LogP contribution in [0.15, 0.2) is 11.6 Å². The Balaban J connectivity index is 1.97. The lowest BCUT2D eigenvalue weighted by atomic mass is 9.84. The smallest absolute Gasteiger partial charge is 0.308 e. The van der Waals surface area contributed by atoms with E-state index in [-0.39, 0.29) is 12.0 Å². The fraction of sp³-hybridized carbons (Fsp3) is 0.769. The standard InChI is InChI=1S/C13H21NO2/c1-8(2)5-6-14-12-10-4-3-9(7-10)11(12)13(15)16/h5,9-12,14H,3-4,6-7H2,1-2H3,(H,15,16). The Hall–Kier alpha value is -0.830. The lowest BCUT2D eigenvalue weighted by Crippen LogP contribution is -2.44. The van der Waals surface area contributed by atoms with Crippen LogP contribution in [0.5, 0.6) is 0 Å². The maximum atomic E-state index is 11.2. The quantitative estimate of drug-likeness (QED) is 0.717. The fourth-order valence-electron chi connectivity index (χ4n) is 3.34. The summed E-state index contributed by atoms with van der Waals surface area (Å²) in [5.41, 5.74) is 1.28. The number of fused-ring (bicyclic) bond motifs is 2. The molecule has 2 rings (SSSR count). The van der Waals surface area contributed by atoms with Crippen LogP contribution in [0, 0.1) is 17.8 Å². The molecule has 4 unspecified atom stereocenters. The third-order valence-corrected chi connectivity index (χ3v) is 4.07. The van der Waals surface area contributed by atoms with E-state index >= 15 is 0 Å². The van der Waals surface area contributed by atoms with E-state index in [0.717, 1.165) is 19.4 Å². The molecule has 0 aromatic heterocycles. The molecule has 2 bridgehead atoms. The fourth-order valence-corrected chi connectivity index (χ4v) is 3.34. The van der Waals surface area contributed by atoms with Gasteiger partial charge in [-0.3, -0.25) is 4.79 Å². The molecule has 2 N–H and O–H groups in total. The molecule has 3 heteroatoms. The van der Waals surface area contributed by atoms with E-state index < -0.39 is 5.97 Å². The summed E-state index contributed by atoms with van der Waals surface area (Å²) in [6.45, 7) is 4.94. The van der Waals surface area contributed by atoms with E-state index in [2.05, 4.69) is 25.2 Å². The molecule has 3 nitrogen and oxygen atoms in total. The summed E-state index contributed by atoms with van der Waals surface area (Å²) in [5.74, 6) is 0.259. The van der Waals surface area contributed by atoms with Gasteiger partial charge < -0.3 is 10.4 Å². The molecule has 2 fully saturated rings. The highest BCUT2D eigenvalue weighted by Gasteiger charge is 2.50. The number of aliphatic carboxylic acids is 1. The largest absolute Gasteiger partial charge is 0.481 e. The van der Waals surface area contributed by atoms with Gasteiger partial charge in [0.25, 0.3) is 0 Å². The average molecular weight is 223 g/mol. The zero-order chi connectivity index (χ0) is 11.7. The Morgan fingerprint density at radius 1 is 1.38 bits per heavy atom. The van der Waals surface area contributed by atoms with Gasteiger partial charge in [-0.05, 0) is 44.9 Å². The maximum Gasteiger partial charge on any atom is 0.308 e. The minimum Gasteiger partial charge on any atom is -0.481 e. The molecule has 90 valence electrons. The monoisotopic (exact) mass is 223 g/mol. The number of allylic oxidation sites excluding steroid dienone is 1. The number of carboxylic acid groups (broad SMARTS) is 1. The normalized spacial score (nSPS) is 36.4. The molecule has 4 atom stereocenters. The van der Waals surface area contributed by atoms with Crippen molar-refractivity contribution in [2.75, 3.05) is 6.54 Å². The van der Waals surface area contributed by atoms with Gasteiger partial charge in [0.15, 0.2) is 0 Å². The Labute approximate surface area is 96.9 Å². The van der Waals surface area contributed by atoms with Crippen LogP contribution in [0.3, 0.4) is 0 Å². The van der Waals surface area contributed by atoms with Crippen LogP contribution in [-0.2, 0) is 4.79 Å². The molecule has 2 aliphatic rings. The molecule has 0 saturated heterocycles. The van der Waals surface area contributed by atoms with E-state index in [1.807, 2.05) is 0 Å². The highest BCUT2D eigenvalue weighted by atomic mass is 16.4. The number of rotatable bonds is 4. The summed E-state index contributed by atoms with van der Waals surface area (Å²) in [6, 6.07) is 0.201. The number of carboxylic acids is 1. The highest BCUT2D eigenvalue weighted by molar-refractivity contribution is 5.72. The van der Waals surface area contributed by atoms with E-state index in [4.69, 9.17) is 0 Å². The van der Waals surface area contributed by atoms with Crippen LogP contribution in [0.2, 0.25) is 0 Å². The number of carbonyl (C=O) groups is 1. The summed E-state index contributed by atoms with van der Waals surface area (Å²) in [4.78, 5) is 11.2. The maximum absolute atomic E-state index is 11.2. The van der Waals surface area contributed by atoms with Crippen molar-refractivity contribution in [3.63, 3.8) is 0 Å². The molecular weight excluding hydrogens is 202 g/mol. The summed E-state index contributed by atoms with van der Waals surface area (Å²) in [7, 11) is 0. The van der Waals surface area contributed by atoms with Crippen molar-refractivity contribution < 1.29 is 9.90 Å². The second-order valence-electron chi connectivity index (χ2n) is 5.41. The van der Waals surface area contributed by atoms with Crippen molar-refractivity contribution in [3.05, 3.63) is 11.6 Å². The van der Waals surface area contributed by atoms with Gasteiger partial charge in [0.05, 0.1) is 5.92 Å². The first-order chi connectivity index (χ1) is 7.59. The van der Waals surface area contributed by atoms with Gasteiger partial charge in [0.1, 0.15) is 0 Å². The Morgan fingerprint density at radius 3 is 2.69 bits per heavy atom. The first-order valence-electron chi connectivity index (χ1n) is 6.19. The SMILES string of the molecule is CC(C)=CCNC1C2CCC(C2)C1C(=O)O. The van der Waals surface area contributed by atoms with Gasteiger partial charge in [-0.15, -0.1) is 0 Å². The van der Waals surface area contributed by atoms with Crippen molar-refractivity contribution in [1.82, 2.24) is 5.32 Å². The predicted octanol–water partition coefficient (Wildman–Crippen LogP) is 2.04. The first-order valence-corrected chi connectivity index (χ1v) is 6.19. The van der Waals surface area contributed by atoms with Crippen molar-refractivity contribution in [3.8, 4) is 0 Å². The zero-order valence-electron chi connectivity index (χ0n) is 10.1. The minimum atomic E-state index is -0.609. The number of hydrogen-bond donors (Lipinski definition) is 2. The van der Waals surface area contributed by atoms with Gasteiger partial charge in [-0.25, -0.2) is 0 Å². The van der Waals surface area contributed by atoms with Crippen LogP contribution < -0.4 is 5.32 Å². The van der Waals surface area contributed by atoms with Crippen molar-refractivity contribution in [2.24, 2.45) is 17.8 Å². The molecule has 0 amide bonds. The van der Waals surface area contributed by atoms with Crippen LogP contribution in [0.4, 0.5) is 0 Å². The van der Waals surface area contributed by atoms with Crippen LogP contribution in [-0.4, -0.2) is 23.7 Å².